The van der Waals surface area contributed by atoms with Crippen LogP contribution in [-0.4, -0.2) is 45.7 Å². The van der Waals surface area contributed by atoms with Crippen LogP contribution in [0.4, 0.5) is 5.69 Å². The van der Waals surface area contributed by atoms with Crippen LogP contribution in [0, 0.1) is 6.92 Å². The van der Waals surface area contributed by atoms with Crippen molar-refractivity contribution >= 4 is 15.7 Å². The molecule has 2 N–H and O–H groups in total. The molecule has 28 heavy (non-hydrogen) atoms. The van der Waals surface area contributed by atoms with Gasteiger partial charge in [-0.2, -0.15) is 4.72 Å². The van der Waals surface area contributed by atoms with E-state index >= 15 is 0 Å². The fourth-order valence-corrected chi connectivity index (χ4v) is 5.98. The lowest BCUT2D eigenvalue weighted by Crippen LogP contribution is -2.62. The largest absolute Gasteiger partial charge is 0.495 e. The normalized spacial score (nSPS) is 20.4. The molecule has 150 valence electrons. The van der Waals surface area contributed by atoms with E-state index in [1.807, 2.05) is 19.1 Å². The summed E-state index contributed by atoms with van der Waals surface area (Å²) in [4.78, 5) is 2.70. The van der Waals surface area contributed by atoms with Gasteiger partial charge in [-0.15, -0.1) is 0 Å². The van der Waals surface area contributed by atoms with E-state index in [1.165, 1.54) is 5.56 Å². The number of hydrogen-bond acceptors (Lipinski definition) is 5. The van der Waals surface area contributed by atoms with Crippen LogP contribution in [0.3, 0.4) is 0 Å². The van der Waals surface area contributed by atoms with E-state index in [0.29, 0.717) is 34.7 Å². The number of nitrogens with one attached hydrogen (secondary N) is 2. The van der Waals surface area contributed by atoms with Crippen LogP contribution in [0.25, 0.3) is 0 Å². The summed E-state index contributed by atoms with van der Waals surface area (Å²) in [6.07, 6.45) is 2.41. The molecule has 1 spiro atoms. The van der Waals surface area contributed by atoms with Crippen molar-refractivity contribution in [3.63, 3.8) is 0 Å². The number of hydrogen-bond donors (Lipinski definition) is 2. The van der Waals surface area contributed by atoms with Crippen molar-refractivity contribution < 1.29 is 13.2 Å². The van der Waals surface area contributed by atoms with E-state index in [4.69, 9.17) is 4.74 Å². The molecule has 0 saturated carbocycles. The third-order valence-corrected chi connectivity index (χ3v) is 7.49. The van der Waals surface area contributed by atoms with Crippen molar-refractivity contribution in [2.45, 2.75) is 36.7 Å². The van der Waals surface area contributed by atoms with Gasteiger partial charge in [-0.3, -0.25) is 0 Å². The predicted molar refractivity (Wildman–Crippen MR) is 110 cm³/mol. The molecule has 2 heterocycles. The molecular formula is C21H27N3O3S. The molecule has 1 fully saturated rings. The number of aryl methyl sites for hydroxylation is 1. The minimum Gasteiger partial charge on any atom is -0.495 e. The Labute approximate surface area is 166 Å². The first-order chi connectivity index (χ1) is 13.4. The van der Waals surface area contributed by atoms with Gasteiger partial charge in [-0.1, -0.05) is 36.4 Å². The number of rotatable bonds is 4. The Morgan fingerprint density at radius 2 is 1.82 bits per heavy atom. The van der Waals surface area contributed by atoms with Crippen molar-refractivity contribution in [2.24, 2.45) is 0 Å². The van der Waals surface area contributed by atoms with Gasteiger partial charge in [0.25, 0.3) is 0 Å². The summed E-state index contributed by atoms with van der Waals surface area (Å²) < 4.78 is 34.4. The lowest BCUT2D eigenvalue weighted by Gasteiger charge is -2.46. The van der Waals surface area contributed by atoms with Crippen LogP contribution in [0.5, 0.6) is 5.75 Å². The van der Waals surface area contributed by atoms with Gasteiger partial charge >= 0.3 is 0 Å². The number of fused-ring (bicyclic) bond motifs is 1. The van der Waals surface area contributed by atoms with Gasteiger partial charge in [-0.05, 0) is 43.4 Å². The summed E-state index contributed by atoms with van der Waals surface area (Å²) >= 11 is 0. The zero-order valence-electron chi connectivity index (χ0n) is 16.4. The highest BCUT2D eigenvalue weighted by Crippen LogP contribution is 2.41. The first-order valence-electron chi connectivity index (χ1n) is 9.68. The van der Waals surface area contributed by atoms with Gasteiger partial charge in [0.15, 0.2) is 0 Å². The molecule has 6 nitrogen and oxygen atoms in total. The number of piperidine rings is 1. The van der Waals surface area contributed by atoms with Gasteiger partial charge in [-0.25, -0.2) is 8.42 Å². The maximum absolute atomic E-state index is 13.0. The molecule has 0 atom stereocenters. The Hall–Kier alpha value is -2.09. The molecule has 2 aliphatic rings. The summed E-state index contributed by atoms with van der Waals surface area (Å²) in [6, 6.07) is 14.1. The number of sulfonamides is 1. The van der Waals surface area contributed by atoms with Gasteiger partial charge in [0, 0.05) is 19.6 Å². The van der Waals surface area contributed by atoms with E-state index in [2.05, 4.69) is 39.2 Å². The van der Waals surface area contributed by atoms with Crippen LogP contribution in [0.1, 0.15) is 24.0 Å². The summed E-state index contributed by atoms with van der Waals surface area (Å²) in [5.74, 6) is 0.566. The molecule has 0 bridgehead atoms. The Morgan fingerprint density at radius 1 is 1.11 bits per heavy atom. The average molecular weight is 402 g/mol. The second-order valence-corrected chi connectivity index (χ2v) is 9.30. The van der Waals surface area contributed by atoms with E-state index in [1.54, 1.807) is 13.2 Å². The van der Waals surface area contributed by atoms with E-state index < -0.39 is 15.7 Å². The summed E-state index contributed by atoms with van der Waals surface area (Å²) in [6.45, 7) is 4.47. The van der Waals surface area contributed by atoms with Crippen LogP contribution in [-0.2, 0) is 16.4 Å². The highest BCUT2D eigenvalue weighted by molar-refractivity contribution is 7.89. The Balaban J connectivity index is 1.50. The van der Waals surface area contributed by atoms with Crippen LogP contribution in [0.15, 0.2) is 47.4 Å². The van der Waals surface area contributed by atoms with Gasteiger partial charge < -0.3 is 15.0 Å². The Bertz CT molecular complexity index is 952. The minimum atomic E-state index is -3.60. The zero-order chi connectivity index (χ0) is 19.8. The molecule has 2 aromatic carbocycles. The first kappa shape index (κ1) is 19.2. The lowest BCUT2D eigenvalue weighted by atomic mass is 9.96. The first-order valence-corrected chi connectivity index (χ1v) is 11.2. The second kappa shape index (κ2) is 7.39. The van der Waals surface area contributed by atoms with Gasteiger partial charge in [0.05, 0.1) is 12.8 Å². The third kappa shape index (κ3) is 3.62. The second-order valence-electron chi connectivity index (χ2n) is 7.68. The number of likely N-dealkylation sites (tertiary alicyclic amines) is 1. The van der Waals surface area contributed by atoms with Crippen LogP contribution in [0.2, 0.25) is 0 Å². The zero-order valence-corrected chi connectivity index (χ0v) is 17.2. The predicted octanol–water partition coefficient (Wildman–Crippen LogP) is 2.74. The number of anilines is 1. The molecule has 4 rings (SSSR count). The average Bonchev–Trinajstić information content (AvgIpc) is 2.68. The molecule has 0 unspecified atom stereocenters. The maximum atomic E-state index is 13.0. The van der Waals surface area contributed by atoms with E-state index in [9.17, 15) is 8.42 Å². The molecular weight excluding hydrogens is 374 g/mol. The molecule has 7 heteroatoms. The number of methoxy groups -OCH3 is 1. The van der Waals surface area contributed by atoms with Gasteiger partial charge in [0.1, 0.15) is 16.3 Å². The molecule has 0 aromatic heterocycles. The van der Waals surface area contributed by atoms with Gasteiger partial charge in [0.2, 0.25) is 10.0 Å². The van der Waals surface area contributed by atoms with E-state index in [0.717, 1.165) is 26.1 Å². The van der Waals surface area contributed by atoms with Crippen molar-refractivity contribution in [1.82, 2.24) is 9.62 Å². The molecule has 1 saturated heterocycles. The monoisotopic (exact) mass is 401 g/mol. The minimum absolute atomic E-state index is 0.295. The van der Waals surface area contributed by atoms with Crippen molar-refractivity contribution in [3.05, 3.63) is 53.6 Å². The van der Waals surface area contributed by atoms with Crippen molar-refractivity contribution in [3.8, 4) is 5.75 Å². The molecule has 0 amide bonds. The third-order valence-electron chi connectivity index (χ3n) is 5.77. The summed E-state index contributed by atoms with van der Waals surface area (Å²) in [5, 5.41) is 3.48. The highest BCUT2D eigenvalue weighted by atomic mass is 32.2. The quantitative estimate of drug-likeness (QED) is 0.824. The highest BCUT2D eigenvalue weighted by Gasteiger charge is 2.44. The molecule has 0 radical (unpaired) electrons. The Morgan fingerprint density at radius 3 is 2.50 bits per heavy atom. The van der Waals surface area contributed by atoms with Crippen LogP contribution < -0.4 is 14.8 Å². The number of ether oxygens (including phenoxy) is 1. The number of nitrogens with zero attached hydrogens (tertiary/aromatic N) is 1. The van der Waals surface area contributed by atoms with E-state index in [-0.39, 0.29) is 0 Å². The maximum Gasteiger partial charge on any atom is 0.244 e. The van der Waals surface area contributed by atoms with Crippen LogP contribution >= 0.6 is 0 Å². The Kier molecular flexibility index (Phi) is 5.07. The SMILES string of the molecule is COc1ccc(C)c2c1NC1(CCN(CCc3ccccc3)CC1)NS2(=O)=O. The fraction of sp³-hybridized carbons (Fsp3) is 0.429. The standard InChI is InChI=1S/C21H27N3O3S/c1-16-8-9-18(27-2)19-20(16)28(25,26)23-21(22-19)11-14-24(15-12-21)13-10-17-6-4-3-5-7-17/h3-9,22-23H,10-15H2,1-2H3. The lowest BCUT2D eigenvalue weighted by molar-refractivity contribution is 0.166. The topological polar surface area (TPSA) is 70.7 Å². The summed E-state index contributed by atoms with van der Waals surface area (Å²) in [7, 11) is -2.03. The van der Waals surface area contributed by atoms with Crippen molar-refractivity contribution in [1.29, 1.82) is 0 Å². The number of benzene rings is 2. The summed E-state index contributed by atoms with van der Waals surface area (Å²) in [5.41, 5.74) is 1.97. The molecule has 2 aromatic rings. The molecule has 0 aliphatic carbocycles. The fourth-order valence-electron chi connectivity index (χ4n) is 4.19. The van der Waals surface area contributed by atoms with Crippen molar-refractivity contribution in [2.75, 3.05) is 32.1 Å². The molecule has 2 aliphatic heterocycles. The smallest absolute Gasteiger partial charge is 0.244 e.